The maximum Gasteiger partial charge on any atom is 0.251 e. The highest BCUT2D eigenvalue weighted by molar-refractivity contribution is 7.89. The Balaban J connectivity index is 2.62. The number of sulfonamides is 1. The van der Waals surface area contributed by atoms with Crippen LogP contribution in [0, 0.1) is 5.82 Å². The lowest BCUT2D eigenvalue weighted by molar-refractivity contribution is 0.0956. The molecule has 22 heavy (non-hydrogen) atoms. The van der Waals surface area contributed by atoms with E-state index in [9.17, 15) is 17.6 Å². The zero-order chi connectivity index (χ0) is 16.9. The van der Waals surface area contributed by atoms with Crippen molar-refractivity contribution in [2.24, 2.45) is 0 Å². The maximum absolute atomic E-state index is 12.8. The molecule has 1 N–H and O–H groups in total. The number of rotatable bonds is 7. The van der Waals surface area contributed by atoms with E-state index in [0.29, 0.717) is 5.56 Å². The number of hydrogen-bond acceptors (Lipinski definition) is 3. The van der Waals surface area contributed by atoms with Crippen molar-refractivity contribution in [2.75, 3.05) is 12.3 Å². The van der Waals surface area contributed by atoms with E-state index in [4.69, 9.17) is 0 Å². The molecule has 0 bridgehead atoms. The highest BCUT2D eigenvalue weighted by Crippen LogP contribution is 2.12. The van der Waals surface area contributed by atoms with Gasteiger partial charge in [0.05, 0.1) is 5.75 Å². The monoisotopic (exact) mass is 330 g/mol. The Hall–Kier alpha value is -1.47. The van der Waals surface area contributed by atoms with E-state index in [2.05, 4.69) is 5.32 Å². The molecule has 0 saturated carbocycles. The lowest BCUT2D eigenvalue weighted by Crippen LogP contribution is -2.45. The summed E-state index contributed by atoms with van der Waals surface area (Å²) in [6.45, 7) is 7.26. The molecule has 5 nitrogen and oxygen atoms in total. The van der Waals surface area contributed by atoms with Gasteiger partial charge in [0.25, 0.3) is 5.91 Å². The van der Waals surface area contributed by atoms with E-state index < -0.39 is 21.7 Å². The van der Waals surface area contributed by atoms with Crippen molar-refractivity contribution in [3.63, 3.8) is 0 Å². The van der Waals surface area contributed by atoms with Crippen molar-refractivity contribution in [2.45, 2.75) is 39.8 Å². The minimum Gasteiger partial charge on any atom is -0.351 e. The molecule has 1 aromatic rings. The van der Waals surface area contributed by atoms with E-state index >= 15 is 0 Å². The van der Waals surface area contributed by atoms with Gasteiger partial charge in [0.2, 0.25) is 10.0 Å². The van der Waals surface area contributed by atoms with Crippen molar-refractivity contribution >= 4 is 15.9 Å². The molecule has 0 aliphatic carbocycles. The third-order valence-corrected chi connectivity index (χ3v) is 5.30. The molecule has 0 aliphatic rings. The highest BCUT2D eigenvalue weighted by Gasteiger charge is 2.27. The number of benzene rings is 1. The van der Waals surface area contributed by atoms with E-state index in [-0.39, 0.29) is 24.4 Å². The summed E-state index contributed by atoms with van der Waals surface area (Å²) in [4.78, 5) is 11.8. The number of halogens is 1. The lowest BCUT2D eigenvalue weighted by atomic mass is 10.2. The molecule has 0 atom stereocenters. The van der Waals surface area contributed by atoms with Gasteiger partial charge in [0.15, 0.2) is 0 Å². The third kappa shape index (κ3) is 5.06. The average molecular weight is 330 g/mol. The SMILES string of the molecule is CC(C)N(C(C)C)S(=O)(=O)CCNC(=O)c1ccc(F)cc1. The largest absolute Gasteiger partial charge is 0.351 e. The second kappa shape index (κ2) is 7.69. The van der Waals surface area contributed by atoms with Crippen molar-refractivity contribution in [3.05, 3.63) is 35.6 Å². The number of nitrogens with one attached hydrogen (secondary N) is 1. The molecule has 0 aliphatic heterocycles. The number of carbonyl (C=O) groups is 1. The van der Waals surface area contributed by atoms with E-state index in [1.807, 2.05) is 27.7 Å². The fraction of sp³-hybridized carbons (Fsp3) is 0.533. The van der Waals surface area contributed by atoms with Crippen LogP contribution in [0.1, 0.15) is 38.1 Å². The molecule has 0 radical (unpaired) electrons. The van der Waals surface area contributed by atoms with Gasteiger partial charge >= 0.3 is 0 Å². The molecule has 1 aromatic carbocycles. The minimum absolute atomic E-state index is 0.00842. The van der Waals surface area contributed by atoms with Crippen LogP contribution in [0.15, 0.2) is 24.3 Å². The zero-order valence-electron chi connectivity index (χ0n) is 13.3. The summed E-state index contributed by atoms with van der Waals surface area (Å²) in [5.41, 5.74) is 0.295. The molecule has 1 rings (SSSR count). The van der Waals surface area contributed by atoms with Crippen molar-refractivity contribution < 1.29 is 17.6 Å². The van der Waals surface area contributed by atoms with Crippen LogP contribution in [0.2, 0.25) is 0 Å². The summed E-state index contributed by atoms with van der Waals surface area (Å²) in [7, 11) is -3.45. The first-order chi connectivity index (χ1) is 10.1. The van der Waals surface area contributed by atoms with Gasteiger partial charge in [0.1, 0.15) is 5.82 Å². The Labute approximate surface area is 131 Å². The van der Waals surface area contributed by atoms with Gasteiger partial charge in [-0.25, -0.2) is 12.8 Å². The number of hydrogen-bond donors (Lipinski definition) is 1. The van der Waals surface area contributed by atoms with Gasteiger partial charge in [0, 0.05) is 24.2 Å². The second-order valence-electron chi connectivity index (χ2n) is 5.60. The van der Waals surface area contributed by atoms with Crippen molar-refractivity contribution in [1.82, 2.24) is 9.62 Å². The normalized spacial score (nSPS) is 12.2. The zero-order valence-corrected chi connectivity index (χ0v) is 14.2. The molecule has 7 heteroatoms. The van der Waals surface area contributed by atoms with Gasteiger partial charge in [-0.1, -0.05) is 0 Å². The summed E-state index contributed by atoms with van der Waals surface area (Å²) in [6, 6.07) is 4.80. The predicted molar refractivity (Wildman–Crippen MR) is 84.6 cm³/mol. The molecule has 0 saturated heterocycles. The topological polar surface area (TPSA) is 66.5 Å². The van der Waals surface area contributed by atoms with Gasteiger partial charge in [-0.3, -0.25) is 4.79 Å². The third-order valence-electron chi connectivity index (χ3n) is 3.09. The first-order valence-electron chi connectivity index (χ1n) is 7.20. The van der Waals surface area contributed by atoms with Crippen LogP contribution in [0.5, 0.6) is 0 Å². The average Bonchev–Trinajstić information content (AvgIpc) is 2.37. The van der Waals surface area contributed by atoms with Crippen molar-refractivity contribution in [3.8, 4) is 0 Å². The molecule has 124 valence electrons. The van der Waals surface area contributed by atoms with Gasteiger partial charge in [-0.05, 0) is 52.0 Å². The van der Waals surface area contributed by atoms with Gasteiger partial charge in [-0.15, -0.1) is 0 Å². The number of nitrogens with zero attached hydrogens (tertiary/aromatic N) is 1. The Morgan fingerprint density at radius 2 is 1.64 bits per heavy atom. The van der Waals surface area contributed by atoms with E-state index in [0.717, 1.165) is 0 Å². The fourth-order valence-electron chi connectivity index (χ4n) is 2.34. The summed E-state index contributed by atoms with van der Waals surface area (Å²) in [5, 5.41) is 2.54. The predicted octanol–water partition coefficient (Wildman–Crippen LogP) is 2.00. The molecule has 0 spiro atoms. The quantitative estimate of drug-likeness (QED) is 0.831. The van der Waals surface area contributed by atoms with Crippen LogP contribution in [0.3, 0.4) is 0 Å². The molecule has 0 unspecified atom stereocenters. The summed E-state index contributed by atoms with van der Waals surface area (Å²) < 4.78 is 38.8. The number of amides is 1. The van der Waals surface area contributed by atoms with E-state index in [1.165, 1.54) is 28.6 Å². The molecule has 0 aromatic heterocycles. The maximum atomic E-state index is 12.8. The molecule has 1 amide bonds. The second-order valence-corrected chi connectivity index (χ2v) is 7.59. The minimum atomic E-state index is -3.45. The standard InChI is InChI=1S/C15H23FN2O3S/c1-11(2)18(12(3)4)22(20,21)10-9-17-15(19)13-5-7-14(16)8-6-13/h5-8,11-12H,9-10H2,1-4H3,(H,17,19). The van der Waals surface area contributed by atoms with Gasteiger partial charge in [-0.2, -0.15) is 4.31 Å². The first-order valence-corrected chi connectivity index (χ1v) is 8.81. The first kappa shape index (κ1) is 18.6. The summed E-state index contributed by atoms with van der Waals surface area (Å²) >= 11 is 0. The molecular formula is C15H23FN2O3S. The van der Waals surface area contributed by atoms with Crippen LogP contribution in [0.4, 0.5) is 4.39 Å². The Morgan fingerprint density at radius 3 is 2.09 bits per heavy atom. The highest BCUT2D eigenvalue weighted by atomic mass is 32.2. The fourth-order valence-corrected chi connectivity index (χ4v) is 4.20. The summed E-state index contributed by atoms with van der Waals surface area (Å²) in [5.74, 6) is -1.02. The van der Waals surface area contributed by atoms with Crippen LogP contribution in [-0.4, -0.2) is 43.0 Å². The lowest BCUT2D eigenvalue weighted by Gasteiger charge is -2.29. The number of carbonyl (C=O) groups excluding carboxylic acids is 1. The van der Waals surface area contributed by atoms with E-state index in [1.54, 1.807) is 0 Å². The smallest absolute Gasteiger partial charge is 0.251 e. The van der Waals surface area contributed by atoms with Gasteiger partial charge < -0.3 is 5.32 Å². The van der Waals surface area contributed by atoms with Crippen LogP contribution < -0.4 is 5.32 Å². The Bertz CT molecular complexity index is 590. The van der Waals surface area contributed by atoms with Crippen LogP contribution >= 0.6 is 0 Å². The molecular weight excluding hydrogens is 307 g/mol. The Kier molecular flexibility index (Phi) is 6.49. The summed E-state index contributed by atoms with van der Waals surface area (Å²) in [6.07, 6.45) is 0. The molecule has 0 fully saturated rings. The van der Waals surface area contributed by atoms with Crippen LogP contribution in [0.25, 0.3) is 0 Å². The van der Waals surface area contributed by atoms with Crippen LogP contribution in [-0.2, 0) is 10.0 Å². The Morgan fingerprint density at radius 1 is 1.14 bits per heavy atom. The van der Waals surface area contributed by atoms with Crippen molar-refractivity contribution in [1.29, 1.82) is 0 Å². The molecule has 0 heterocycles.